The van der Waals surface area contributed by atoms with Gasteiger partial charge in [0.2, 0.25) is 0 Å². The molecule has 1 aliphatic carbocycles. The number of aliphatic hydroxyl groups excluding tert-OH is 1. The summed E-state index contributed by atoms with van der Waals surface area (Å²) in [7, 11) is 1.71. The van der Waals surface area contributed by atoms with Crippen LogP contribution in [0.25, 0.3) is 0 Å². The largest absolute Gasteiger partial charge is 0.396 e. The van der Waals surface area contributed by atoms with Crippen molar-refractivity contribution in [2.24, 2.45) is 17.1 Å². The van der Waals surface area contributed by atoms with Crippen molar-refractivity contribution in [2.75, 3.05) is 26.9 Å². The summed E-state index contributed by atoms with van der Waals surface area (Å²) in [5, 5.41) is 9.37. The monoisotopic (exact) mass is 187 g/mol. The van der Waals surface area contributed by atoms with Crippen molar-refractivity contribution in [3.8, 4) is 0 Å². The first-order valence-corrected chi connectivity index (χ1v) is 5.09. The first-order valence-electron chi connectivity index (χ1n) is 5.09. The molecular weight excluding hydrogens is 166 g/mol. The first kappa shape index (κ1) is 11.0. The van der Waals surface area contributed by atoms with E-state index >= 15 is 0 Å². The molecule has 0 spiro atoms. The molecule has 0 aliphatic heterocycles. The standard InChI is InChI=1S/C10H21NO2/c1-13-6-2-5-10(7-11,8-12)9-3-4-9/h9,12H,2-8,11H2,1H3. The highest BCUT2D eigenvalue weighted by atomic mass is 16.5. The molecule has 1 fully saturated rings. The Kier molecular flexibility index (Phi) is 4.16. The van der Waals surface area contributed by atoms with Gasteiger partial charge in [0.25, 0.3) is 0 Å². The average Bonchev–Trinajstić information content (AvgIpc) is 2.97. The van der Waals surface area contributed by atoms with Gasteiger partial charge in [-0.1, -0.05) is 0 Å². The van der Waals surface area contributed by atoms with Crippen molar-refractivity contribution in [1.82, 2.24) is 0 Å². The van der Waals surface area contributed by atoms with Crippen molar-refractivity contribution in [1.29, 1.82) is 0 Å². The lowest BCUT2D eigenvalue weighted by atomic mass is 9.79. The molecule has 0 bridgehead atoms. The van der Waals surface area contributed by atoms with E-state index in [1.165, 1.54) is 12.8 Å². The third kappa shape index (κ3) is 2.66. The van der Waals surface area contributed by atoms with Gasteiger partial charge in [0, 0.05) is 25.7 Å². The van der Waals surface area contributed by atoms with E-state index in [2.05, 4.69) is 0 Å². The molecule has 3 nitrogen and oxygen atoms in total. The number of methoxy groups -OCH3 is 1. The second-order valence-corrected chi connectivity index (χ2v) is 4.10. The van der Waals surface area contributed by atoms with Gasteiger partial charge in [0.1, 0.15) is 0 Å². The van der Waals surface area contributed by atoms with Crippen LogP contribution in [-0.4, -0.2) is 32.0 Å². The quantitative estimate of drug-likeness (QED) is 0.579. The third-order valence-corrected chi connectivity index (χ3v) is 3.19. The Hall–Kier alpha value is -0.120. The molecule has 78 valence electrons. The van der Waals surface area contributed by atoms with Gasteiger partial charge in [-0.25, -0.2) is 0 Å². The molecule has 3 heteroatoms. The van der Waals surface area contributed by atoms with Gasteiger partial charge in [-0.15, -0.1) is 0 Å². The van der Waals surface area contributed by atoms with Crippen LogP contribution in [0.15, 0.2) is 0 Å². The summed E-state index contributed by atoms with van der Waals surface area (Å²) in [4.78, 5) is 0. The van der Waals surface area contributed by atoms with Crippen LogP contribution in [-0.2, 0) is 4.74 Å². The summed E-state index contributed by atoms with van der Waals surface area (Å²) < 4.78 is 5.00. The van der Waals surface area contributed by atoms with Crippen LogP contribution in [0.1, 0.15) is 25.7 Å². The average molecular weight is 187 g/mol. The Bertz CT molecular complexity index is 142. The molecule has 0 aromatic heterocycles. The highest BCUT2D eigenvalue weighted by molar-refractivity contribution is 4.94. The molecule has 3 N–H and O–H groups in total. The molecule has 1 unspecified atom stereocenters. The fraction of sp³-hybridized carbons (Fsp3) is 1.00. The minimum Gasteiger partial charge on any atom is -0.396 e. The van der Waals surface area contributed by atoms with Crippen molar-refractivity contribution < 1.29 is 9.84 Å². The van der Waals surface area contributed by atoms with E-state index < -0.39 is 0 Å². The minimum absolute atomic E-state index is 0.00146. The molecule has 0 heterocycles. The SMILES string of the molecule is COCCCC(CN)(CO)C1CC1. The fourth-order valence-corrected chi connectivity index (χ4v) is 2.01. The molecular formula is C10H21NO2. The maximum atomic E-state index is 9.37. The molecule has 0 saturated heterocycles. The lowest BCUT2D eigenvalue weighted by Crippen LogP contribution is -2.36. The molecule has 0 aromatic carbocycles. The molecule has 1 atom stereocenters. The molecule has 1 saturated carbocycles. The van der Waals surface area contributed by atoms with E-state index in [9.17, 15) is 5.11 Å². The summed E-state index contributed by atoms with van der Waals surface area (Å²) >= 11 is 0. The fourth-order valence-electron chi connectivity index (χ4n) is 2.01. The smallest absolute Gasteiger partial charge is 0.0502 e. The van der Waals surface area contributed by atoms with E-state index in [1.807, 2.05) is 0 Å². The molecule has 1 aliphatic rings. The van der Waals surface area contributed by atoms with Gasteiger partial charge in [-0.3, -0.25) is 0 Å². The van der Waals surface area contributed by atoms with Crippen molar-refractivity contribution >= 4 is 0 Å². The number of ether oxygens (including phenoxy) is 1. The Labute approximate surface area is 80.3 Å². The third-order valence-electron chi connectivity index (χ3n) is 3.19. The second kappa shape index (κ2) is 4.94. The Morgan fingerprint density at radius 2 is 2.23 bits per heavy atom. The van der Waals surface area contributed by atoms with E-state index in [-0.39, 0.29) is 12.0 Å². The molecule has 1 rings (SSSR count). The predicted octanol–water partition coefficient (Wildman–Crippen LogP) is 0.760. The van der Waals surface area contributed by atoms with E-state index in [0.717, 1.165) is 19.4 Å². The lowest BCUT2D eigenvalue weighted by molar-refractivity contribution is 0.0845. The summed E-state index contributed by atoms with van der Waals surface area (Å²) in [5.74, 6) is 0.666. The number of rotatable bonds is 7. The highest BCUT2D eigenvalue weighted by Crippen LogP contribution is 2.47. The van der Waals surface area contributed by atoms with Crippen LogP contribution < -0.4 is 5.73 Å². The molecule has 0 radical (unpaired) electrons. The zero-order valence-corrected chi connectivity index (χ0v) is 8.46. The summed E-state index contributed by atoms with van der Waals surface area (Å²) in [6.07, 6.45) is 4.48. The van der Waals surface area contributed by atoms with Crippen molar-refractivity contribution in [3.05, 3.63) is 0 Å². The van der Waals surface area contributed by atoms with Gasteiger partial charge >= 0.3 is 0 Å². The summed E-state index contributed by atoms with van der Waals surface area (Å²) in [6.45, 7) is 1.62. The van der Waals surface area contributed by atoms with Crippen LogP contribution in [0, 0.1) is 11.3 Å². The Morgan fingerprint density at radius 3 is 2.62 bits per heavy atom. The van der Waals surface area contributed by atoms with Gasteiger partial charge in [-0.05, 0) is 31.6 Å². The molecule has 13 heavy (non-hydrogen) atoms. The van der Waals surface area contributed by atoms with Crippen LogP contribution in [0.4, 0.5) is 0 Å². The number of hydrogen-bond acceptors (Lipinski definition) is 3. The van der Waals surface area contributed by atoms with E-state index in [1.54, 1.807) is 7.11 Å². The Balaban J connectivity index is 2.35. The van der Waals surface area contributed by atoms with Crippen LogP contribution in [0.2, 0.25) is 0 Å². The lowest BCUT2D eigenvalue weighted by Gasteiger charge is -2.30. The topological polar surface area (TPSA) is 55.5 Å². The summed E-state index contributed by atoms with van der Waals surface area (Å²) in [5.41, 5.74) is 5.74. The van der Waals surface area contributed by atoms with E-state index in [0.29, 0.717) is 12.5 Å². The Morgan fingerprint density at radius 1 is 1.54 bits per heavy atom. The van der Waals surface area contributed by atoms with Crippen LogP contribution in [0.5, 0.6) is 0 Å². The van der Waals surface area contributed by atoms with Crippen molar-refractivity contribution in [3.63, 3.8) is 0 Å². The second-order valence-electron chi connectivity index (χ2n) is 4.10. The predicted molar refractivity (Wildman–Crippen MR) is 52.4 cm³/mol. The van der Waals surface area contributed by atoms with Gasteiger partial charge in [-0.2, -0.15) is 0 Å². The summed E-state index contributed by atoms with van der Waals surface area (Å²) in [6, 6.07) is 0. The first-order chi connectivity index (χ1) is 6.29. The van der Waals surface area contributed by atoms with Gasteiger partial charge in [0.15, 0.2) is 0 Å². The maximum Gasteiger partial charge on any atom is 0.0502 e. The zero-order valence-electron chi connectivity index (χ0n) is 8.46. The zero-order chi connectivity index (χ0) is 9.73. The van der Waals surface area contributed by atoms with Crippen molar-refractivity contribution in [2.45, 2.75) is 25.7 Å². The number of aliphatic hydroxyl groups is 1. The number of nitrogens with two attached hydrogens (primary N) is 1. The van der Waals surface area contributed by atoms with E-state index in [4.69, 9.17) is 10.5 Å². The maximum absolute atomic E-state index is 9.37. The van der Waals surface area contributed by atoms with Crippen LogP contribution in [0.3, 0.4) is 0 Å². The van der Waals surface area contributed by atoms with Gasteiger partial charge < -0.3 is 15.6 Å². The normalized spacial score (nSPS) is 21.5. The van der Waals surface area contributed by atoms with Gasteiger partial charge in [0.05, 0.1) is 6.61 Å². The molecule has 0 aromatic rings. The minimum atomic E-state index is -0.00146. The van der Waals surface area contributed by atoms with Crippen LogP contribution >= 0.6 is 0 Å². The number of hydrogen-bond donors (Lipinski definition) is 2. The highest BCUT2D eigenvalue weighted by Gasteiger charge is 2.43. The molecule has 0 amide bonds.